The van der Waals surface area contributed by atoms with E-state index in [1.807, 2.05) is 0 Å². The molecule has 4 aromatic heterocycles. The molecule has 0 saturated carbocycles. The Kier molecular flexibility index (Phi) is 4.09. The minimum Gasteiger partial charge on any atom is -0.307 e. The van der Waals surface area contributed by atoms with Crippen molar-refractivity contribution >= 4 is 16.6 Å². The van der Waals surface area contributed by atoms with Gasteiger partial charge in [0.25, 0.3) is 5.56 Å². The highest BCUT2D eigenvalue weighted by atomic mass is 19.1. The minimum absolute atomic E-state index is 0.0191. The molecule has 1 aromatic carbocycles. The molecule has 148 valence electrons. The van der Waals surface area contributed by atoms with Crippen LogP contribution in [0, 0.1) is 17.5 Å². The number of halogens is 3. The number of pyridine rings is 3. The number of benzene rings is 1. The van der Waals surface area contributed by atoms with Gasteiger partial charge in [0.15, 0.2) is 17.3 Å². The van der Waals surface area contributed by atoms with Crippen LogP contribution in [-0.4, -0.2) is 24.1 Å². The summed E-state index contributed by atoms with van der Waals surface area (Å²) in [6.07, 6.45) is 4.65. The van der Waals surface area contributed by atoms with Gasteiger partial charge in [-0.25, -0.2) is 13.2 Å². The van der Waals surface area contributed by atoms with Crippen molar-refractivity contribution in [2.45, 2.75) is 6.54 Å². The quantitative estimate of drug-likeness (QED) is 0.459. The summed E-state index contributed by atoms with van der Waals surface area (Å²) in [6.45, 7) is 0.0191. The van der Waals surface area contributed by atoms with E-state index in [1.54, 1.807) is 30.6 Å². The van der Waals surface area contributed by atoms with Crippen LogP contribution in [0.25, 0.3) is 27.7 Å². The van der Waals surface area contributed by atoms with E-state index in [-0.39, 0.29) is 34.7 Å². The van der Waals surface area contributed by atoms with Crippen LogP contribution in [0.15, 0.2) is 65.8 Å². The van der Waals surface area contributed by atoms with Gasteiger partial charge in [-0.3, -0.25) is 14.2 Å². The molecule has 4 heterocycles. The number of hydrogen-bond acceptors (Lipinski definition) is 4. The molecule has 0 saturated heterocycles. The van der Waals surface area contributed by atoms with E-state index in [2.05, 4.69) is 15.2 Å². The molecule has 0 spiro atoms. The van der Waals surface area contributed by atoms with Gasteiger partial charge in [0.05, 0.1) is 17.4 Å². The van der Waals surface area contributed by atoms with E-state index < -0.39 is 17.5 Å². The predicted octanol–water partition coefficient (Wildman–Crippen LogP) is 3.57. The molecular formula is C21H12F3N5O. The maximum absolute atomic E-state index is 14.6. The summed E-state index contributed by atoms with van der Waals surface area (Å²) in [7, 11) is 0. The highest BCUT2D eigenvalue weighted by Gasteiger charge is 2.15. The molecule has 0 fully saturated rings. The summed E-state index contributed by atoms with van der Waals surface area (Å²) in [4.78, 5) is 16.9. The van der Waals surface area contributed by atoms with E-state index in [0.717, 1.165) is 24.3 Å². The van der Waals surface area contributed by atoms with Crippen LogP contribution in [0.2, 0.25) is 0 Å². The molecule has 0 N–H and O–H groups in total. The van der Waals surface area contributed by atoms with Crippen molar-refractivity contribution in [3.8, 4) is 11.1 Å². The fourth-order valence-corrected chi connectivity index (χ4v) is 3.38. The van der Waals surface area contributed by atoms with Gasteiger partial charge in [0, 0.05) is 30.2 Å². The minimum atomic E-state index is -0.772. The lowest BCUT2D eigenvalue weighted by Gasteiger charge is -2.08. The fourth-order valence-electron chi connectivity index (χ4n) is 3.38. The van der Waals surface area contributed by atoms with Gasteiger partial charge in [-0.05, 0) is 42.0 Å². The second-order valence-corrected chi connectivity index (χ2v) is 6.73. The number of hydrogen-bond donors (Lipinski definition) is 0. The van der Waals surface area contributed by atoms with E-state index in [4.69, 9.17) is 0 Å². The summed E-state index contributed by atoms with van der Waals surface area (Å²) in [5.41, 5.74) is 0.644. The van der Waals surface area contributed by atoms with Crippen molar-refractivity contribution in [3.63, 3.8) is 0 Å². The lowest BCUT2D eigenvalue weighted by Crippen LogP contribution is -2.21. The van der Waals surface area contributed by atoms with Gasteiger partial charge in [0.1, 0.15) is 11.6 Å². The van der Waals surface area contributed by atoms with Gasteiger partial charge in [0.2, 0.25) is 0 Å². The van der Waals surface area contributed by atoms with Crippen LogP contribution in [0.1, 0.15) is 5.82 Å². The first-order chi connectivity index (χ1) is 14.5. The van der Waals surface area contributed by atoms with Gasteiger partial charge in [-0.1, -0.05) is 0 Å². The molecule has 5 rings (SSSR count). The van der Waals surface area contributed by atoms with Gasteiger partial charge >= 0.3 is 0 Å². The van der Waals surface area contributed by atoms with Gasteiger partial charge < -0.3 is 4.57 Å². The number of fused-ring (bicyclic) bond motifs is 2. The first-order valence-electron chi connectivity index (χ1n) is 8.93. The summed E-state index contributed by atoms with van der Waals surface area (Å²) < 4.78 is 44.6. The van der Waals surface area contributed by atoms with Crippen LogP contribution in [0.3, 0.4) is 0 Å². The second-order valence-electron chi connectivity index (χ2n) is 6.73. The smallest absolute Gasteiger partial charge is 0.260 e. The van der Waals surface area contributed by atoms with Crippen molar-refractivity contribution in [1.29, 1.82) is 0 Å². The third-order valence-corrected chi connectivity index (χ3v) is 4.78. The molecule has 0 bridgehead atoms. The second kappa shape index (κ2) is 6.80. The van der Waals surface area contributed by atoms with E-state index in [1.165, 1.54) is 15.2 Å². The van der Waals surface area contributed by atoms with Gasteiger partial charge in [-0.2, -0.15) is 0 Å². The van der Waals surface area contributed by atoms with Crippen molar-refractivity contribution in [1.82, 2.24) is 24.1 Å². The first-order valence-corrected chi connectivity index (χ1v) is 8.93. The topological polar surface area (TPSA) is 65.1 Å². The molecule has 0 radical (unpaired) electrons. The Balaban J connectivity index is 1.63. The lowest BCUT2D eigenvalue weighted by atomic mass is 10.1. The number of rotatable bonds is 3. The SMILES string of the molecule is O=c1c2cccnc2ccn1Cc1nnc2c(F)cc(-c3cc(F)cc(F)c3)cn12. The Morgan fingerprint density at radius 1 is 0.933 bits per heavy atom. The zero-order valence-corrected chi connectivity index (χ0v) is 15.3. The van der Waals surface area contributed by atoms with E-state index in [0.29, 0.717) is 10.9 Å². The average molecular weight is 407 g/mol. The van der Waals surface area contributed by atoms with E-state index >= 15 is 0 Å². The fraction of sp³-hybridized carbons (Fsp3) is 0.0476. The maximum atomic E-state index is 14.6. The number of nitrogens with zero attached hydrogens (tertiary/aromatic N) is 5. The zero-order chi connectivity index (χ0) is 20.8. The molecule has 0 amide bonds. The third kappa shape index (κ3) is 3.00. The molecule has 0 atom stereocenters. The molecule has 0 aliphatic carbocycles. The third-order valence-electron chi connectivity index (χ3n) is 4.78. The van der Waals surface area contributed by atoms with Crippen LogP contribution in [0.5, 0.6) is 0 Å². The van der Waals surface area contributed by atoms with E-state index in [9.17, 15) is 18.0 Å². The Morgan fingerprint density at radius 3 is 2.53 bits per heavy atom. The van der Waals surface area contributed by atoms with Crippen molar-refractivity contribution in [2.75, 3.05) is 0 Å². The zero-order valence-electron chi connectivity index (χ0n) is 15.3. The largest absolute Gasteiger partial charge is 0.307 e. The predicted molar refractivity (Wildman–Crippen MR) is 103 cm³/mol. The Labute approximate surface area is 166 Å². The normalized spacial score (nSPS) is 11.4. The Bertz CT molecular complexity index is 1470. The monoisotopic (exact) mass is 407 g/mol. The van der Waals surface area contributed by atoms with Crippen LogP contribution >= 0.6 is 0 Å². The highest BCUT2D eigenvalue weighted by molar-refractivity contribution is 5.76. The average Bonchev–Trinajstić information content (AvgIpc) is 3.13. The maximum Gasteiger partial charge on any atom is 0.260 e. The molecule has 0 aliphatic heterocycles. The van der Waals surface area contributed by atoms with Crippen LogP contribution in [-0.2, 0) is 6.54 Å². The van der Waals surface area contributed by atoms with Crippen LogP contribution in [0.4, 0.5) is 13.2 Å². The summed E-state index contributed by atoms with van der Waals surface area (Å²) in [5.74, 6) is -1.96. The molecule has 5 aromatic rings. The van der Waals surface area contributed by atoms with Crippen LogP contribution < -0.4 is 5.56 Å². The lowest BCUT2D eigenvalue weighted by molar-refractivity contribution is 0.584. The molecule has 6 nitrogen and oxygen atoms in total. The number of aromatic nitrogens is 5. The summed E-state index contributed by atoms with van der Waals surface area (Å²) >= 11 is 0. The Hall–Kier alpha value is -4.01. The molecule has 9 heteroatoms. The van der Waals surface area contributed by atoms with Crippen molar-refractivity contribution < 1.29 is 13.2 Å². The van der Waals surface area contributed by atoms with Crippen molar-refractivity contribution in [2.24, 2.45) is 0 Å². The molecule has 30 heavy (non-hydrogen) atoms. The summed E-state index contributed by atoms with van der Waals surface area (Å²) in [5, 5.41) is 8.27. The van der Waals surface area contributed by atoms with Gasteiger partial charge in [-0.15, -0.1) is 10.2 Å². The standard InChI is InChI=1S/C21H12F3N5O/c22-14-6-12(7-15(23)9-14)13-8-17(24)20-27-26-19(29(20)10-13)11-28-5-3-18-16(21(28)30)2-1-4-25-18/h1-10H,11H2. The summed E-state index contributed by atoms with van der Waals surface area (Å²) in [6, 6.07) is 9.11. The Morgan fingerprint density at radius 2 is 1.73 bits per heavy atom. The molecular weight excluding hydrogens is 395 g/mol. The molecule has 0 unspecified atom stereocenters. The first kappa shape index (κ1) is 18.0. The molecule has 0 aliphatic rings. The highest BCUT2D eigenvalue weighted by Crippen LogP contribution is 2.24. The van der Waals surface area contributed by atoms with Crippen molar-refractivity contribution in [3.05, 3.63) is 94.7 Å².